The van der Waals surface area contributed by atoms with Crippen LogP contribution in [0.4, 0.5) is 5.69 Å². The van der Waals surface area contributed by atoms with Crippen molar-refractivity contribution in [1.29, 1.82) is 0 Å². The van der Waals surface area contributed by atoms with Crippen LogP contribution in [-0.2, 0) is 10.2 Å². The number of thioether (sulfide) groups is 1. The Bertz CT molecular complexity index is 949. The molecule has 5 nitrogen and oxygen atoms in total. The summed E-state index contributed by atoms with van der Waals surface area (Å²) in [6.45, 7) is 6.53. The molecule has 1 amide bonds. The van der Waals surface area contributed by atoms with Crippen molar-refractivity contribution in [2.24, 2.45) is 0 Å². The molecule has 0 aliphatic heterocycles. The van der Waals surface area contributed by atoms with Gasteiger partial charge in [-0.2, -0.15) is 0 Å². The number of carbonyl (C=O) groups excluding carboxylic acids is 1. The Kier molecular flexibility index (Phi) is 4.72. The molecule has 0 unspecified atom stereocenters. The van der Waals surface area contributed by atoms with Gasteiger partial charge in [0.1, 0.15) is 0 Å². The van der Waals surface area contributed by atoms with Crippen LogP contribution in [0.25, 0.3) is 11.0 Å². The van der Waals surface area contributed by atoms with E-state index in [0.717, 1.165) is 10.4 Å². The Hall–Kier alpha value is -2.47. The summed E-state index contributed by atoms with van der Waals surface area (Å²) in [5.41, 5.74) is 3.20. The molecule has 0 aliphatic rings. The number of carbonyl (C=O) groups is 1. The average Bonchev–Trinajstić information content (AvgIpc) is 2.92. The first-order chi connectivity index (χ1) is 11.8. The van der Waals surface area contributed by atoms with E-state index in [2.05, 4.69) is 60.3 Å². The van der Waals surface area contributed by atoms with E-state index < -0.39 is 0 Å². The summed E-state index contributed by atoms with van der Waals surface area (Å²) in [6.07, 6.45) is 0. The Balaban J connectivity index is 1.59. The van der Waals surface area contributed by atoms with Gasteiger partial charge in [0.25, 0.3) is 0 Å². The first kappa shape index (κ1) is 17.4. The number of rotatable bonds is 4. The first-order valence-corrected chi connectivity index (χ1v) is 9.05. The molecule has 25 heavy (non-hydrogen) atoms. The molecular weight excluding hydrogens is 334 g/mol. The van der Waals surface area contributed by atoms with Gasteiger partial charge in [-0.25, -0.2) is 4.79 Å². The number of aromatic amines is 2. The van der Waals surface area contributed by atoms with Crippen molar-refractivity contribution < 1.29 is 4.79 Å². The normalized spacial score (nSPS) is 11.6. The van der Waals surface area contributed by atoms with Gasteiger partial charge in [0, 0.05) is 10.6 Å². The number of hydrogen-bond donors (Lipinski definition) is 3. The fourth-order valence-corrected chi connectivity index (χ4v) is 3.21. The third-order valence-electron chi connectivity index (χ3n) is 3.89. The molecule has 0 atom stereocenters. The highest BCUT2D eigenvalue weighted by Gasteiger charge is 2.13. The zero-order chi connectivity index (χ0) is 18.0. The molecule has 3 N–H and O–H groups in total. The Morgan fingerprint density at radius 2 is 1.72 bits per heavy atom. The van der Waals surface area contributed by atoms with Crippen molar-refractivity contribution in [3.05, 3.63) is 58.5 Å². The van der Waals surface area contributed by atoms with Crippen LogP contribution < -0.4 is 11.0 Å². The van der Waals surface area contributed by atoms with E-state index in [0.29, 0.717) is 17.0 Å². The summed E-state index contributed by atoms with van der Waals surface area (Å²) < 4.78 is 0. The highest BCUT2D eigenvalue weighted by molar-refractivity contribution is 8.00. The number of aromatic nitrogens is 2. The van der Waals surface area contributed by atoms with Crippen LogP contribution in [0.2, 0.25) is 0 Å². The number of fused-ring (bicyclic) bond motifs is 1. The van der Waals surface area contributed by atoms with Gasteiger partial charge in [-0.15, -0.1) is 11.8 Å². The predicted octanol–water partition coefficient (Wildman–Crippen LogP) is 3.88. The fourth-order valence-electron chi connectivity index (χ4n) is 2.51. The van der Waals surface area contributed by atoms with Gasteiger partial charge < -0.3 is 15.3 Å². The second-order valence-electron chi connectivity index (χ2n) is 6.95. The molecule has 3 rings (SSSR count). The van der Waals surface area contributed by atoms with E-state index in [1.165, 1.54) is 17.3 Å². The monoisotopic (exact) mass is 355 g/mol. The minimum absolute atomic E-state index is 0.0814. The fraction of sp³-hybridized carbons (Fsp3) is 0.263. The minimum Gasteiger partial charge on any atom is -0.325 e. The standard InChI is InChI=1S/C19H21N3O2S/c1-19(2,3)12-4-7-14(8-5-12)25-11-17(23)20-13-6-9-15-16(10-13)22-18(24)21-15/h4-10H,11H2,1-3H3,(H,20,23)(H2,21,22,24). The van der Waals surface area contributed by atoms with E-state index in [9.17, 15) is 9.59 Å². The molecule has 3 aromatic rings. The van der Waals surface area contributed by atoms with E-state index in [-0.39, 0.29) is 17.0 Å². The average molecular weight is 355 g/mol. The minimum atomic E-state index is -0.257. The molecule has 0 bridgehead atoms. The molecule has 0 aliphatic carbocycles. The summed E-state index contributed by atoms with van der Waals surface area (Å²) >= 11 is 1.50. The molecule has 6 heteroatoms. The highest BCUT2D eigenvalue weighted by Crippen LogP contribution is 2.25. The summed E-state index contributed by atoms with van der Waals surface area (Å²) in [6, 6.07) is 13.6. The van der Waals surface area contributed by atoms with Crippen LogP contribution in [0.5, 0.6) is 0 Å². The van der Waals surface area contributed by atoms with Gasteiger partial charge >= 0.3 is 5.69 Å². The molecule has 0 spiro atoms. The number of amides is 1. The summed E-state index contributed by atoms with van der Waals surface area (Å²) in [4.78, 5) is 29.8. The number of H-pyrrole nitrogens is 2. The van der Waals surface area contributed by atoms with Gasteiger partial charge in [0.15, 0.2) is 0 Å². The lowest BCUT2D eigenvalue weighted by atomic mass is 9.87. The lowest BCUT2D eigenvalue weighted by molar-refractivity contribution is -0.113. The zero-order valence-corrected chi connectivity index (χ0v) is 15.3. The maximum absolute atomic E-state index is 12.1. The SMILES string of the molecule is CC(C)(C)c1ccc(SCC(=O)Nc2ccc3[nH]c(=O)[nH]c3c2)cc1. The molecule has 130 valence electrons. The van der Waals surface area contributed by atoms with Crippen molar-refractivity contribution in [2.75, 3.05) is 11.1 Å². The van der Waals surface area contributed by atoms with Crippen molar-refractivity contribution in [2.45, 2.75) is 31.1 Å². The van der Waals surface area contributed by atoms with Crippen molar-refractivity contribution in [1.82, 2.24) is 9.97 Å². The largest absolute Gasteiger partial charge is 0.325 e. The maximum atomic E-state index is 12.1. The molecule has 0 saturated heterocycles. The molecule has 2 aromatic carbocycles. The number of imidazole rings is 1. The first-order valence-electron chi connectivity index (χ1n) is 8.06. The second kappa shape index (κ2) is 6.80. The quantitative estimate of drug-likeness (QED) is 0.622. The Morgan fingerprint density at radius 3 is 2.40 bits per heavy atom. The molecule has 0 radical (unpaired) electrons. The van der Waals surface area contributed by atoms with Crippen molar-refractivity contribution in [3.8, 4) is 0 Å². The lowest BCUT2D eigenvalue weighted by Crippen LogP contribution is -2.14. The predicted molar refractivity (Wildman–Crippen MR) is 103 cm³/mol. The smallest absolute Gasteiger partial charge is 0.323 e. The second-order valence-corrected chi connectivity index (χ2v) is 8.00. The molecule has 1 heterocycles. The van der Waals surface area contributed by atoms with Crippen molar-refractivity contribution in [3.63, 3.8) is 0 Å². The van der Waals surface area contributed by atoms with Gasteiger partial charge in [-0.1, -0.05) is 32.9 Å². The van der Waals surface area contributed by atoms with Gasteiger partial charge in [0.05, 0.1) is 16.8 Å². The number of benzene rings is 2. The maximum Gasteiger partial charge on any atom is 0.323 e. The summed E-state index contributed by atoms with van der Waals surface area (Å²) in [7, 11) is 0. The highest BCUT2D eigenvalue weighted by atomic mass is 32.2. The van der Waals surface area contributed by atoms with E-state index >= 15 is 0 Å². The molecule has 1 aromatic heterocycles. The van der Waals surface area contributed by atoms with Crippen LogP contribution in [0, 0.1) is 0 Å². The van der Waals surface area contributed by atoms with Crippen LogP contribution >= 0.6 is 11.8 Å². The van der Waals surface area contributed by atoms with Gasteiger partial charge in [-0.3, -0.25) is 4.79 Å². The summed E-state index contributed by atoms with van der Waals surface area (Å²) in [5, 5.41) is 2.85. The number of hydrogen-bond acceptors (Lipinski definition) is 3. The van der Waals surface area contributed by atoms with Crippen molar-refractivity contribution >= 4 is 34.4 Å². The number of anilines is 1. The Morgan fingerprint density at radius 1 is 1.04 bits per heavy atom. The Labute approximate surface area is 150 Å². The molecular formula is C19H21N3O2S. The summed E-state index contributed by atoms with van der Waals surface area (Å²) in [5.74, 6) is 0.249. The van der Waals surface area contributed by atoms with Gasteiger partial charge in [0.2, 0.25) is 5.91 Å². The van der Waals surface area contributed by atoms with E-state index in [4.69, 9.17) is 0 Å². The van der Waals surface area contributed by atoms with E-state index in [1.807, 2.05) is 0 Å². The van der Waals surface area contributed by atoms with Gasteiger partial charge in [-0.05, 0) is 41.3 Å². The van der Waals surface area contributed by atoms with Crippen LogP contribution in [0.1, 0.15) is 26.3 Å². The zero-order valence-electron chi connectivity index (χ0n) is 14.5. The van der Waals surface area contributed by atoms with Crippen LogP contribution in [0.15, 0.2) is 52.2 Å². The molecule has 0 fully saturated rings. The van der Waals surface area contributed by atoms with Crippen LogP contribution in [-0.4, -0.2) is 21.6 Å². The third kappa shape index (κ3) is 4.33. The van der Waals surface area contributed by atoms with Crippen LogP contribution in [0.3, 0.4) is 0 Å². The lowest BCUT2D eigenvalue weighted by Gasteiger charge is -2.19. The number of nitrogens with one attached hydrogen (secondary N) is 3. The molecule has 0 saturated carbocycles. The topological polar surface area (TPSA) is 77.8 Å². The van der Waals surface area contributed by atoms with E-state index in [1.54, 1.807) is 18.2 Å². The third-order valence-corrected chi connectivity index (χ3v) is 4.90.